The Balaban J connectivity index is 1.68. The molecule has 5 aromatic rings. The molecule has 2 nitrogen and oxygen atoms in total. The van der Waals surface area contributed by atoms with Crippen molar-refractivity contribution in [3.05, 3.63) is 83.5 Å². The highest BCUT2D eigenvalue weighted by atomic mass is 32.1. The zero-order chi connectivity index (χ0) is 23.2. The van der Waals surface area contributed by atoms with E-state index in [0.29, 0.717) is 5.92 Å². The van der Waals surface area contributed by atoms with Gasteiger partial charge in [-0.2, -0.15) is 0 Å². The molecule has 0 spiro atoms. The van der Waals surface area contributed by atoms with Crippen molar-refractivity contribution >= 4 is 32.2 Å². The number of aromatic nitrogens is 2. The highest BCUT2D eigenvalue weighted by Gasteiger charge is 2.19. The van der Waals surface area contributed by atoms with E-state index in [1.807, 2.05) is 11.3 Å². The van der Waals surface area contributed by atoms with Crippen LogP contribution in [0.25, 0.3) is 43.4 Å². The second-order valence-electron chi connectivity index (χ2n) is 10.3. The molecule has 0 N–H and O–H groups in total. The summed E-state index contributed by atoms with van der Waals surface area (Å²) in [6.45, 7) is 11.4. The minimum atomic E-state index is 0.0412. The molecule has 0 radical (unpaired) electrons. The normalized spacial score (nSPS) is 12.2. The third kappa shape index (κ3) is 4.18. The zero-order valence-electron chi connectivity index (χ0n) is 20.0. The molecule has 0 bridgehead atoms. The Morgan fingerprint density at radius 1 is 0.879 bits per heavy atom. The summed E-state index contributed by atoms with van der Waals surface area (Å²) in [5.74, 6) is 0.616. The van der Waals surface area contributed by atoms with Crippen molar-refractivity contribution in [1.82, 2.24) is 9.97 Å². The Labute approximate surface area is 200 Å². The van der Waals surface area contributed by atoms with Crippen LogP contribution < -0.4 is 0 Å². The van der Waals surface area contributed by atoms with Crippen molar-refractivity contribution < 1.29 is 0 Å². The van der Waals surface area contributed by atoms with Gasteiger partial charge in [0.25, 0.3) is 0 Å². The summed E-state index contributed by atoms with van der Waals surface area (Å²) in [5.41, 5.74) is 7.09. The fraction of sp³-hybridized carbons (Fsp3) is 0.267. The maximum absolute atomic E-state index is 4.71. The smallest absolute Gasteiger partial charge is 0.116 e. The molecule has 0 saturated carbocycles. The lowest BCUT2D eigenvalue weighted by Crippen LogP contribution is -2.12. The second-order valence-corrected chi connectivity index (χ2v) is 11.2. The monoisotopic (exact) mass is 450 g/mol. The number of thiophene rings is 1. The van der Waals surface area contributed by atoms with E-state index in [-0.39, 0.29) is 5.41 Å². The fourth-order valence-corrected chi connectivity index (χ4v) is 5.70. The van der Waals surface area contributed by atoms with Gasteiger partial charge in [-0.25, -0.2) is 9.97 Å². The zero-order valence-corrected chi connectivity index (χ0v) is 20.8. The highest BCUT2D eigenvalue weighted by Crippen LogP contribution is 2.38. The first-order valence-electron chi connectivity index (χ1n) is 11.7. The molecule has 0 unspecified atom stereocenters. The van der Waals surface area contributed by atoms with Gasteiger partial charge in [0, 0.05) is 21.2 Å². The van der Waals surface area contributed by atoms with Crippen LogP contribution in [-0.4, -0.2) is 9.97 Å². The van der Waals surface area contributed by atoms with Crippen LogP contribution in [0.5, 0.6) is 0 Å². The molecule has 2 aromatic heterocycles. The molecule has 0 saturated heterocycles. The summed E-state index contributed by atoms with van der Waals surface area (Å²) < 4.78 is 1.32. The van der Waals surface area contributed by atoms with E-state index < -0.39 is 0 Å². The van der Waals surface area contributed by atoms with Crippen molar-refractivity contribution in [2.75, 3.05) is 0 Å². The maximum atomic E-state index is 4.71. The molecule has 33 heavy (non-hydrogen) atoms. The number of hydrogen-bond acceptors (Lipinski definition) is 3. The predicted octanol–water partition coefficient (Wildman–Crippen LogP) is 8.67. The molecule has 3 aromatic carbocycles. The molecular weight excluding hydrogens is 420 g/mol. The summed E-state index contributed by atoms with van der Waals surface area (Å²) in [6.07, 6.45) is 2.79. The minimum Gasteiger partial charge on any atom is -0.236 e. The van der Waals surface area contributed by atoms with E-state index in [1.54, 1.807) is 6.33 Å². The lowest BCUT2D eigenvalue weighted by Gasteiger charge is -2.22. The van der Waals surface area contributed by atoms with Crippen molar-refractivity contribution in [3.8, 4) is 22.5 Å². The second kappa shape index (κ2) is 8.39. The van der Waals surface area contributed by atoms with E-state index in [1.165, 1.54) is 37.5 Å². The van der Waals surface area contributed by atoms with Gasteiger partial charge in [-0.05, 0) is 69.3 Å². The van der Waals surface area contributed by atoms with Crippen LogP contribution in [0.2, 0.25) is 0 Å². The number of nitrogens with zero attached hydrogens (tertiary/aromatic N) is 2. The van der Waals surface area contributed by atoms with Gasteiger partial charge >= 0.3 is 0 Å². The largest absolute Gasteiger partial charge is 0.236 e. The van der Waals surface area contributed by atoms with Crippen LogP contribution in [0.4, 0.5) is 0 Å². The third-order valence-corrected chi connectivity index (χ3v) is 7.21. The standard InChI is InChI=1S/C30H30N2S/c1-19(2)13-22-17-33-28-12-8-11-24(29(22)28)27-16-26(31-18-32-27)21-14-20-9-6-7-10-23(20)25(15-21)30(3,4)5/h6-12,14-19H,13H2,1-5H3. The Morgan fingerprint density at radius 3 is 2.45 bits per heavy atom. The summed E-state index contributed by atoms with van der Waals surface area (Å²) in [6, 6.07) is 21.9. The highest BCUT2D eigenvalue weighted by molar-refractivity contribution is 7.17. The molecule has 0 aliphatic rings. The molecule has 166 valence electrons. The van der Waals surface area contributed by atoms with Crippen molar-refractivity contribution in [2.24, 2.45) is 5.92 Å². The number of fused-ring (bicyclic) bond motifs is 2. The predicted molar refractivity (Wildman–Crippen MR) is 143 cm³/mol. The summed E-state index contributed by atoms with van der Waals surface area (Å²) in [4.78, 5) is 9.41. The van der Waals surface area contributed by atoms with Gasteiger partial charge in [-0.3, -0.25) is 0 Å². The molecule has 0 aliphatic heterocycles. The average molecular weight is 451 g/mol. The lowest BCUT2D eigenvalue weighted by molar-refractivity contribution is 0.596. The molecule has 2 heterocycles. The first kappa shape index (κ1) is 21.8. The Morgan fingerprint density at radius 2 is 1.67 bits per heavy atom. The number of benzene rings is 3. The number of hydrogen-bond donors (Lipinski definition) is 0. The Bertz CT molecular complexity index is 1450. The molecule has 0 fully saturated rings. The summed E-state index contributed by atoms with van der Waals surface area (Å²) >= 11 is 1.83. The van der Waals surface area contributed by atoms with Crippen LogP contribution >= 0.6 is 11.3 Å². The Kier molecular flexibility index (Phi) is 5.54. The van der Waals surface area contributed by atoms with E-state index >= 15 is 0 Å². The van der Waals surface area contributed by atoms with E-state index in [9.17, 15) is 0 Å². The molecule has 0 amide bonds. The minimum absolute atomic E-state index is 0.0412. The average Bonchev–Trinajstić information content (AvgIpc) is 3.20. The lowest BCUT2D eigenvalue weighted by atomic mass is 9.82. The van der Waals surface area contributed by atoms with Gasteiger partial charge in [0.05, 0.1) is 11.4 Å². The summed E-state index contributed by atoms with van der Waals surface area (Å²) in [5, 5.41) is 6.22. The SMILES string of the molecule is CC(C)Cc1csc2cccc(-c3cc(-c4cc(C(C)(C)C)c5ccccc5c4)ncn3)c12. The first-order valence-corrected chi connectivity index (χ1v) is 12.5. The van der Waals surface area contributed by atoms with Crippen LogP contribution in [-0.2, 0) is 11.8 Å². The van der Waals surface area contributed by atoms with E-state index in [0.717, 1.165) is 23.4 Å². The molecule has 0 aliphatic carbocycles. The number of rotatable bonds is 4. The van der Waals surface area contributed by atoms with Crippen LogP contribution in [0.15, 0.2) is 72.4 Å². The van der Waals surface area contributed by atoms with Crippen molar-refractivity contribution in [3.63, 3.8) is 0 Å². The van der Waals surface area contributed by atoms with E-state index in [2.05, 4.69) is 101 Å². The first-order chi connectivity index (χ1) is 15.8. The topological polar surface area (TPSA) is 25.8 Å². The van der Waals surface area contributed by atoms with Crippen LogP contribution in [0.1, 0.15) is 45.7 Å². The van der Waals surface area contributed by atoms with Gasteiger partial charge in [0.2, 0.25) is 0 Å². The molecule has 5 rings (SSSR count). The Hall–Kier alpha value is -3.04. The fourth-order valence-electron chi connectivity index (χ4n) is 4.70. The maximum Gasteiger partial charge on any atom is 0.116 e. The van der Waals surface area contributed by atoms with Gasteiger partial charge < -0.3 is 0 Å². The van der Waals surface area contributed by atoms with E-state index in [4.69, 9.17) is 9.97 Å². The van der Waals surface area contributed by atoms with Crippen molar-refractivity contribution in [1.29, 1.82) is 0 Å². The van der Waals surface area contributed by atoms with Gasteiger partial charge in [-0.1, -0.05) is 71.0 Å². The summed E-state index contributed by atoms with van der Waals surface area (Å²) in [7, 11) is 0. The van der Waals surface area contributed by atoms with Gasteiger partial charge in [0.15, 0.2) is 0 Å². The third-order valence-electron chi connectivity index (χ3n) is 6.21. The van der Waals surface area contributed by atoms with Gasteiger partial charge in [0.1, 0.15) is 6.33 Å². The van der Waals surface area contributed by atoms with Crippen molar-refractivity contribution in [2.45, 2.75) is 46.5 Å². The molecule has 3 heteroatoms. The van der Waals surface area contributed by atoms with Crippen LogP contribution in [0.3, 0.4) is 0 Å². The van der Waals surface area contributed by atoms with Crippen LogP contribution in [0, 0.1) is 5.92 Å². The quantitative estimate of drug-likeness (QED) is 0.274. The van der Waals surface area contributed by atoms with Gasteiger partial charge in [-0.15, -0.1) is 11.3 Å². The molecule has 0 atom stereocenters. The molecular formula is C30H30N2S.